The summed E-state index contributed by atoms with van der Waals surface area (Å²) >= 11 is 0. The van der Waals surface area contributed by atoms with Crippen LogP contribution in [0.4, 0.5) is 13.2 Å². The average Bonchev–Trinajstić information content (AvgIpc) is 2.74. The van der Waals surface area contributed by atoms with E-state index in [2.05, 4.69) is 0 Å². The fourth-order valence-electron chi connectivity index (χ4n) is 3.19. The van der Waals surface area contributed by atoms with Gasteiger partial charge in [-0.15, -0.1) is 0 Å². The minimum Gasteiger partial charge on any atom is -0.489 e. The Bertz CT molecular complexity index is 965. The fraction of sp³-hybridized carbons (Fsp3) is 0.280. The molecule has 0 unspecified atom stereocenters. The van der Waals surface area contributed by atoms with E-state index in [-0.39, 0.29) is 18.0 Å². The zero-order valence-corrected chi connectivity index (χ0v) is 16.8. The van der Waals surface area contributed by atoms with Crippen LogP contribution in [0.5, 0.6) is 5.75 Å². The van der Waals surface area contributed by atoms with E-state index in [0.29, 0.717) is 28.9 Å². The maximum absolute atomic E-state index is 14.5. The van der Waals surface area contributed by atoms with Crippen molar-refractivity contribution >= 4 is 0 Å². The largest absolute Gasteiger partial charge is 0.489 e. The zero-order valence-electron chi connectivity index (χ0n) is 16.8. The molecule has 0 spiro atoms. The summed E-state index contributed by atoms with van der Waals surface area (Å²) in [5.41, 5.74) is 2.60. The minimum atomic E-state index is -0.828. The molecule has 0 radical (unpaired) electrons. The van der Waals surface area contributed by atoms with Crippen molar-refractivity contribution in [3.05, 3.63) is 88.7 Å². The van der Waals surface area contributed by atoms with Crippen molar-refractivity contribution < 1.29 is 17.9 Å². The van der Waals surface area contributed by atoms with Crippen molar-refractivity contribution in [1.29, 1.82) is 0 Å². The molecule has 0 saturated carbocycles. The van der Waals surface area contributed by atoms with Crippen LogP contribution < -0.4 is 4.74 Å². The predicted molar refractivity (Wildman–Crippen MR) is 111 cm³/mol. The molecule has 0 amide bonds. The SMILES string of the molecule is CCCCc1ccc(-c2ccc(OCc3ccc(CC)cc3F)cc2)c(F)c1F. The second kappa shape index (κ2) is 9.64. The van der Waals surface area contributed by atoms with Crippen molar-refractivity contribution in [3.63, 3.8) is 0 Å². The van der Waals surface area contributed by atoms with Gasteiger partial charge in [-0.3, -0.25) is 0 Å². The standard InChI is InChI=1S/C25H25F3O/c1-3-5-6-19-11-14-22(25(28)24(19)27)18-9-12-21(13-10-18)29-16-20-8-7-17(4-2)15-23(20)26/h7-15H,3-6,16H2,1-2H3. The van der Waals surface area contributed by atoms with E-state index in [1.165, 1.54) is 6.07 Å². The molecular weight excluding hydrogens is 373 g/mol. The highest BCUT2D eigenvalue weighted by molar-refractivity contribution is 5.65. The molecule has 3 aromatic carbocycles. The molecule has 3 aromatic rings. The molecule has 0 heterocycles. The molecule has 0 saturated heterocycles. The van der Waals surface area contributed by atoms with Crippen molar-refractivity contribution in [2.45, 2.75) is 46.1 Å². The maximum atomic E-state index is 14.5. The molecule has 0 atom stereocenters. The lowest BCUT2D eigenvalue weighted by molar-refractivity contribution is 0.300. The van der Waals surface area contributed by atoms with E-state index in [1.54, 1.807) is 42.5 Å². The first-order valence-electron chi connectivity index (χ1n) is 10.0. The smallest absolute Gasteiger partial charge is 0.166 e. The maximum Gasteiger partial charge on any atom is 0.166 e. The van der Waals surface area contributed by atoms with Crippen LogP contribution in [0.15, 0.2) is 54.6 Å². The quantitative estimate of drug-likeness (QED) is 0.388. The van der Waals surface area contributed by atoms with E-state index in [1.807, 2.05) is 19.9 Å². The molecule has 0 fully saturated rings. The Kier molecular flexibility index (Phi) is 6.97. The highest BCUT2D eigenvalue weighted by Crippen LogP contribution is 2.29. The summed E-state index contributed by atoms with van der Waals surface area (Å²) in [4.78, 5) is 0. The van der Waals surface area contributed by atoms with Gasteiger partial charge in [0.2, 0.25) is 0 Å². The van der Waals surface area contributed by atoms with Crippen LogP contribution >= 0.6 is 0 Å². The molecule has 0 aromatic heterocycles. The van der Waals surface area contributed by atoms with Gasteiger partial charge in [0.15, 0.2) is 11.6 Å². The minimum absolute atomic E-state index is 0.101. The number of ether oxygens (including phenoxy) is 1. The van der Waals surface area contributed by atoms with E-state index < -0.39 is 11.6 Å². The normalized spacial score (nSPS) is 10.9. The van der Waals surface area contributed by atoms with Gasteiger partial charge in [-0.2, -0.15) is 0 Å². The summed E-state index contributed by atoms with van der Waals surface area (Å²) in [6.07, 6.45) is 3.05. The third-order valence-corrected chi connectivity index (χ3v) is 5.05. The first-order chi connectivity index (χ1) is 14.0. The van der Waals surface area contributed by atoms with Gasteiger partial charge < -0.3 is 4.74 Å². The summed E-state index contributed by atoms with van der Waals surface area (Å²) in [6, 6.07) is 15.1. The van der Waals surface area contributed by atoms with Gasteiger partial charge in [-0.25, -0.2) is 13.2 Å². The number of unbranched alkanes of at least 4 members (excludes halogenated alkanes) is 1. The highest BCUT2D eigenvalue weighted by atomic mass is 19.2. The molecule has 0 N–H and O–H groups in total. The highest BCUT2D eigenvalue weighted by Gasteiger charge is 2.14. The summed E-state index contributed by atoms with van der Waals surface area (Å²) in [5.74, 6) is -1.36. The van der Waals surface area contributed by atoms with Gasteiger partial charge in [0.25, 0.3) is 0 Å². The van der Waals surface area contributed by atoms with Crippen LogP contribution in [-0.4, -0.2) is 0 Å². The molecule has 3 rings (SSSR count). The van der Waals surface area contributed by atoms with Gasteiger partial charge in [0.05, 0.1) is 0 Å². The summed E-state index contributed by atoms with van der Waals surface area (Å²) in [7, 11) is 0. The molecule has 29 heavy (non-hydrogen) atoms. The monoisotopic (exact) mass is 398 g/mol. The second-order valence-corrected chi connectivity index (χ2v) is 7.10. The van der Waals surface area contributed by atoms with Crippen LogP contribution in [0.25, 0.3) is 11.1 Å². The van der Waals surface area contributed by atoms with Gasteiger partial charge >= 0.3 is 0 Å². The molecule has 0 aliphatic heterocycles. The van der Waals surface area contributed by atoms with Crippen molar-refractivity contribution in [1.82, 2.24) is 0 Å². The van der Waals surface area contributed by atoms with Crippen LogP contribution in [-0.2, 0) is 19.4 Å². The Morgan fingerprint density at radius 2 is 1.52 bits per heavy atom. The first kappa shape index (κ1) is 21.0. The summed E-state index contributed by atoms with van der Waals surface area (Å²) in [6.45, 7) is 4.09. The van der Waals surface area contributed by atoms with Crippen LogP contribution in [0.1, 0.15) is 43.4 Å². The van der Waals surface area contributed by atoms with Crippen LogP contribution in [0.3, 0.4) is 0 Å². The Morgan fingerprint density at radius 1 is 0.793 bits per heavy atom. The Morgan fingerprint density at radius 3 is 2.17 bits per heavy atom. The molecule has 0 aliphatic rings. The lowest BCUT2D eigenvalue weighted by atomic mass is 10.00. The topological polar surface area (TPSA) is 9.23 Å². The van der Waals surface area contributed by atoms with Gasteiger partial charge in [-0.05, 0) is 54.2 Å². The van der Waals surface area contributed by atoms with Crippen molar-refractivity contribution in [2.75, 3.05) is 0 Å². The van der Waals surface area contributed by atoms with Crippen LogP contribution in [0.2, 0.25) is 0 Å². The third-order valence-electron chi connectivity index (χ3n) is 5.05. The lowest BCUT2D eigenvalue weighted by Gasteiger charge is -2.11. The number of hydrogen-bond acceptors (Lipinski definition) is 1. The Balaban J connectivity index is 1.71. The summed E-state index contributed by atoms with van der Waals surface area (Å²) in [5, 5.41) is 0. The van der Waals surface area contributed by atoms with Crippen molar-refractivity contribution in [3.8, 4) is 16.9 Å². The van der Waals surface area contributed by atoms with Gasteiger partial charge in [0, 0.05) is 11.1 Å². The van der Waals surface area contributed by atoms with E-state index in [4.69, 9.17) is 4.74 Å². The summed E-state index contributed by atoms with van der Waals surface area (Å²) < 4.78 is 48.5. The first-order valence-corrected chi connectivity index (χ1v) is 10.0. The molecular formula is C25H25F3O. The van der Waals surface area contributed by atoms with Gasteiger partial charge in [0.1, 0.15) is 18.2 Å². The lowest BCUT2D eigenvalue weighted by Crippen LogP contribution is -2.00. The second-order valence-electron chi connectivity index (χ2n) is 7.10. The predicted octanol–water partition coefficient (Wildman–Crippen LogP) is 7.25. The molecule has 1 nitrogen and oxygen atoms in total. The molecule has 152 valence electrons. The molecule has 4 heteroatoms. The van der Waals surface area contributed by atoms with E-state index in [0.717, 1.165) is 24.8 Å². The average molecular weight is 398 g/mol. The Labute approximate surface area is 170 Å². The molecule has 0 aliphatic carbocycles. The zero-order chi connectivity index (χ0) is 20.8. The Hall–Kier alpha value is -2.75. The third kappa shape index (κ3) is 5.00. The number of hydrogen-bond donors (Lipinski definition) is 0. The number of aryl methyl sites for hydroxylation is 2. The van der Waals surface area contributed by atoms with Crippen LogP contribution in [0, 0.1) is 17.5 Å². The molecule has 0 bridgehead atoms. The van der Waals surface area contributed by atoms with E-state index >= 15 is 0 Å². The number of benzene rings is 3. The van der Waals surface area contributed by atoms with Crippen molar-refractivity contribution in [2.24, 2.45) is 0 Å². The number of halogens is 3. The fourth-order valence-corrected chi connectivity index (χ4v) is 3.19. The van der Waals surface area contributed by atoms with E-state index in [9.17, 15) is 13.2 Å². The number of rotatable bonds is 8. The van der Waals surface area contributed by atoms with Gasteiger partial charge in [-0.1, -0.05) is 56.7 Å².